The first kappa shape index (κ1) is 12.6. The summed E-state index contributed by atoms with van der Waals surface area (Å²) in [6.45, 7) is 4.04. The van der Waals surface area contributed by atoms with E-state index in [0.29, 0.717) is 12.1 Å². The molecule has 4 heteroatoms. The maximum Gasteiger partial charge on any atom is 0.329 e. The van der Waals surface area contributed by atoms with Gasteiger partial charge in [0.2, 0.25) is 0 Å². The molecule has 0 saturated carbocycles. The molecule has 0 aromatic heterocycles. The molecule has 18 heavy (non-hydrogen) atoms. The van der Waals surface area contributed by atoms with E-state index in [0.717, 1.165) is 18.4 Å². The summed E-state index contributed by atoms with van der Waals surface area (Å²) in [4.78, 5) is 25.2. The molecule has 1 N–H and O–H groups in total. The second-order valence-electron chi connectivity index (χ2n) is 4.65. The molecule has 2 rings (SSSR count). The highest BCUT2D eigenvalue weighted by molar-refractivity contribution is 6.21. The summed E-state index contributed by atoms with van der Waals surface area (Å²) in [5.74, 6) is -0.141. The highest BCUT2D eigenvalue weighted by atomic mass is 16.2. The molecule has 0 radical (unpaired) electrons. The second kappa shape index (κ2) is 5.21. The number of rotatable bonds is 4. The number of unbranched alkanes of at least 4 members (excludes halogenated alkanes) is 1. The summed E-state index contributed by atoms with van der Waals surface area (Å²) in [5, 5.41) is 2.74. The van der Waals surface area contributed by atoms with Crippen molar-refractivity contribution in [1.82, 2.24) is 5.32 Å². The predicted molar refractivity (Wildman–Crippen MR) is 70.5 cm³/mol. The number of nitrogens with zero attached hydrogens (tertiary/aromatic N) is 1. The maximum absolute atomic E-state index is 12.1. The van der Waals surface area contributed by atoms with Gasteiger partial charge < -0.3 is 5.32 Å². The highest BCUT2D eigenvalue weighted by Crippen LogP contribution is 2.21. The second-order valence-corrected chi connectivity index (χ2v) is 4.65. The van der Waals surface area contributed by atoms with Crippen LogP contribution in [0.2, 0.25) is 0 Å². The van der Waals surface area contributed by atoms with Gasteiger partial charge in [0.15, 0.2) is 0 Å². The summed E-state index contributed by atoms with van der Waals surface area (Å²) >= 11 is 0. The molecule has 1 saturated heterocycles. The first-order chi connectivity index (χ1) is 8.63. The topological polar surface area (TPSA) is 49.4 Å². The third-order valence-corrected chi connectivity index (χ3v) is 3.16. The van der Waals surface area contributed by atoms with Crippen molar-refractivity contribution in [3.63, 3.8) is 0 Å². The average molecular weight is 246 g/mol. The van der Waals surface area contributed by atoms with E-state index in [9.17, 15) is 9.59 Å². The van der Waals surface area contributed by atoms with E-state index < -0.39 is 0 Å². The average Bonchev–Trinajstić information content (AvgIpc) is 2.63. The van der Waals surface area contributed by atoms with Gasteiger partial charge in [-0.25, -0.2) is 9.69 Å². The zero-order chi connectivity index (χ0) is 13.1. The minimum absolute atomic E-state index is 0.141. The zero-order valence-corrected chi connectivity index (χ0v) is 10.8. The van der Waals surface area contributed by atoms with Gasteiger partial charge in [-0.1, -0.05) is 37.5 Å². The lowest BCUT2D eigenvalue weighted by molar-refractivity contribution is -0.118. The molecule has 1 aromatic rings. The maximum atomic E-state index is 12.1. The summed E-state index contributed by atoms with van der Waals surface area (Å²) in [5.41, 5.74) is 1.75. The van der Waals surface area contributed by atoms with E-state index >= 15 is 0 Å². The Labute approximate surface area is 107 Å². The first-order valence-corrected chi connectivity index (χ1v) is 6.34. The van der Waals surface area contributed by atoms with Crippen LogP contribution in [0.15, 0.2) is 24.3 Å². The van der Waals surface area contributed by atoms with Crippen LogP contribution >= 0.6 is 0 Å². The van der Waals surface area contributed by atoms with E-state index in [1.165, 1.54) is 4.90 Å². The van der Waals surface area contributed by atoms with Gasteiger partial charge in [-0.05, 0) is 25.5 Å². The van der Waals surface area contributed by atoms with Gasteiger partial charge in [-0.15, -0.1) is 0 Å². The molecule has 1 unspecified atom stereocenters. The molecule has 3 amide bonds. The van der Waals surface area contributed by atoms with Gasteiger partial charge in [0.05, 0.1) is 5.69 Å². The number of hydrogen-bond acceptors (Lipinski definition) is 2. The van der Waals surface area contributed by atoms with Crippen molar-refractivity contribution in [3.05, 3.63) is 29.8 Å². The van der Waals surface area contributed by atoms with Crippen LogP contribution < -0.4 is 10.2 Å². The molecule has 1 heterocycles. The van der Waals surface area contributed by atoms with Crippen LogP contribution in [-0.2, 0) is 4.79 Å². The molecule has 0 bridgehead atoms. The number of carbonyl (C=O) groups is 2. The van der Waals surface area contributed by atoms with Crippen molar-refractivity contribution in [2.75, 3.05) is 4.90 Å². The van der Waals surface area contributed by atoms with Crippen molar-refractivity contribution >= 4 is 17.6 Å². The first-order valence-electron chi connectivity index (χ1n) is 6.34. The fourth-order valence-corrected chi connectivity index (χ4v) is 2.07. The Morgan fingerprint density at radius 3 is 2.50 bits per heavy atom. The minimum Gasteiger partial charge on any atom is -0.325 e. The van der Waals surface area contributed by atoms with Crippen LogP contribution in [0.4, 0.5) is 10.5 Å². The van der Waals surface area contributed by atoms with Crippen LogP contribution in [0, 0.1) is 6.92 Å². The van der Waals surface area contributed by atoms with E-state index in [4.69, 9.17) is 0 Å². The molecule has 0 spiro atoms. The largest absolute Gasteiger partial charge is 0.329 e. The van der Waals surface area contributed by atoms with Gasteiger partial charge in [-0.2, -0.15) is 0 Å². The lowest BCUT2D eigenvalue weighted by Gasteiger charge is -2.13. The molecule has 1 fully saturated rings. The number of aryl methyl sites for hydroxylation is 1. The van der Waals surface area contributed by atoms with Crippen molar-refractivity contribution in [1.29, 1.82) is 0 Å². The Bertz CT molecular complexity index is 453. The molecule has 96 valence electrons. The summed E-state index contributed by atoms with van der Waals surface area (Å²) in [6.07, 6.45) is 2.67. The summed E-state index contributed by atoms with van der Waals surface area (Å²) < 4.78 is 0. The molecule has 1 atom stereocenters. The van der Waals surface area contributed by atoms with Crippen LogP contribution in [0.3, 0.4) is 0 Å². The summed E-state index contributed by atoms with van der Waals surface area (Å²) in [7, 11) is 0. The fourth-order valence-electron chi connectivity index (χ4n) is 2.07. The molecule has 1 aromatic carbocycles. The summed E-state index contributed by atoms with van der Waals surface area (Å²) in [6, 6.07) is 6.72. The molecular formula is C14H18N2O2. The van der Waals surface area contributed by atoms with Crippen LogP contribution in [0.1, 0.15) is 31.7 Å². The standard InChI is InChI=1S/C14H18N2O2/c1-3-4-5-12-13(17)16(14(18)15-12)11-8-6-10(2)7-9-11/h6-9,12H,3-5H2,1-2H3,(H,15,18). The van der Waals surface area contributed by atoms with Gasteiger partial charge in [0.1, 0.15) is 6.04 Å². The zero-order valence-electron chi connectivity index (χ0n) is 10.8. The van der Waals surface area contributed by atoms with Gasteiger partial charge in [0, 0.05) is 0 Å². The number of carbonyl (C=O) groups excluding carboxylic acids is 2. The van der Waals surface area contributed by atoms with Crippen molar-refractivity contribution in [3.8, 4) is 0 Å². The van der Waals surface area contributed by atoms with E-state index in [-0.39, 0.29) is 18.0 Å². The lowest BCUT2D eigenvalue weighted by atomic mass is 10.1. The van der Waals surface area contributed by atoms with E-state index in [2.05, 4.69) is 12.2 Å². The monoisotopic (exact) mass is 246 g/mol. The van der Waals surface area contributed by atoms with Crippen LogP contribution in [-0.4, -0.2) is 18.0 Å². The Morgan fingerprint density at radius 1 is 1.22 bits per heavy atom. The third kappa shape index (κ3) is 2.37. The SMILES string of the molecule is CCCCC1NC(=O)N(c2ccc(C)cc2)C1=O. The van der Waals surface area contributed by atoms with Crippen molar-refractivity contribution < 1.29 is 9.59 Å². The molecule has 1 aliphatic rings. The van der Waals surface area contributed by atoms with Crippen LogP contribution in [0.25, 0.3) is 0 Å². The number of benzene rings is 1. The molecule has 0 aliphatic carbocycles. The number of nitrogens with one attached hydrogen (secondary N) is 1. The Balaban J connectivity index is 2.16. The Hall–Kier alpha value is -1.84. The smallest absolute Gasteiger partial charge is 0.325 e. The van der Waals surface area contributed by atoms with Gasteiger partial charge in [0.25, 0.3) is 5.91 Å². The number of anilines is 1. The molecular weight excluding hydrogens is 228 g/mol. The fraction of sp³-hybridized carbons (Fsp3) is 0.429. The Morgan fingerprint density at radius 2 is 1.89 bits per heavy atom. The molecule has 4 nitrogen and oxygen atoms in total. The van der Waals surface area contributed by atoms with Crippen LogP contribution in [0.5, 0.6) is 0 Å². The molecule has 1 aliphatic heterocycles. The lowest BCUT2D eigenvalue weighted by Crippen LogP contribution is -2.31. The predicted octanol–water partition coefficient (Wildman–Crippen LogP) is 2.61. The number of hydrogen-bond donors (Lipinski definition) is 1. The number of amides is 3. The van der Waals surface area contributed by atoms with Gasteiger partial charge in [-0.3, -0.25) is 4.79 Å². The van der Waals surface area contributed by atoms with E-state index in [1.54, 1.807) is 12.1 Å². The third-order valence-electron chi connectivity index (χ3n) is 3.16. The number of imide groups is 1. The van der Waals surface area contributed by atoms with Gasteiger partial charge >= 0.3 is 6.03 Å². The normalized spacial score (nSPS) is 19.2. The quantitative estimate of drug-likeness (QED) is 0.830. The number of urea groups is 1. The van der Waals surface area contributed by atoms with Crippen molar-refractivity contribution in [2.24, 2.45) is 0 Å². The minimum atomic E-state index is -0.362. The Kier molecular flexibility index (Phi) is 3.65. The highest BCUT2D eigenvalue weighted by Gasteiger charge is 2.38. The van der Waals surface area contributed by atoms with Crippen molar-refractivity contribution in [2.45, 2.75) is 39.2 Å². The van der Waals surface area contributed by atoms with E-state index in [1.807, 2.05) is 19.1 Å².